The molecule has 164 valence electrons. The molecular weight excluding hydrogens is 395 g/mol. The number of imide groups is 1. The van der Waals surface area contributed by atoms with Gasteiger partial charge in [-0.3, -0.25) is 19.5 Å². The highest BCUT2D eigenvalue weighted by Crippen LogP contribution is 2.52. The molecule has 1 heterocycles. The highest BCUT2D eigenvalue weighted by molar-refractivity contribution is 6.06. The lowest BCUT2D eigenvalue weighted by atomic mass is 9.85. The van der Waals surface area contributed by atoms with Gasteiger partial charge in [0.25, 0.3) is 0 Å². The fourth-order valence-corrected chi connectivity index (χ4v) is 5.69. The number of nitrogens with one attached hydrogen (secondary N) is 2. The summed E-state index contributed by atoms with van der Waals surface area (Å²) < 4.78 is 14.2. The second kappa shape index (κ2) is 7.77. The fourth-order valence-electron chi connectivity index (χ4n) is 5.69. The van der Waals surface area contributed by atoms with E-state index >= 15 is 0 Å². The third-order valence-corrected chi connectivity index (χ3v) is 7.53. The number of halogens is 1. The van der Waals surface area contributed by atoms with Crippen LogP contribution in [0.15, 0.2) is 41.4 Å². The molecule has 7 heteroatoms. The number of rotatable bonds is 7. The summed E-state index contributed by atoms with van der Waals surface area (Å²) in [5.74, 6) is 0.767. The summed E-state index contributed by atoms with van der Waals surface area (Å²) in [6.07, 6.45) is 7.77. The van der Waals surface area contributed by atoms with Crippen LogP contribution in [0, 0.1) is 29.5 Å². The van der Waals surface area contributed by atoms with Crippen molar-refractivity contribution in [3.63, 3.8) is 0 Å². The van der Waals surface area contributed by atoms with Gasteiger partial charge in [0, 0.05) is 32.1 Å². The van der Waals surface area contributed by atoms with Gasteiger partial charge in [0.1, 0.15) is 5.82 Å². The van der Waals surface area contributed by atoms with Gasteiger partial charge in [0.2, 0.25) is 11.8 Å². The van der Waals surface area contributed by atoms with Crippen LogP contribution in [0.4, 0.5) is 4.39 Å². The van der Waals surface area contributed by atoms with Crippen molar-refractivity contribution in [2.45, 2.75) is 31.1 Å². The Morgan fingerprint density at radius 1 is 1.13 bits per heavy atom. The number of nitrogens with zero attached hydrogens (tertiary/aromatic N) is 2. The van der Waals surface area contributed by atoms with Crippen LogP contribution in [0.25, 0.3) is 0 Å². The minimum absolute atomic E-state index is 0.00919. The van der Waals surface area contributed by atoms with Crippen molar-refractivity contribution in [2.75, 3.05) is 26.7 Å². The van der Waals surface area contributed by atoms with E-state index in [2.05, 4.69) is 27.8 Å². The normalized spacial score (nSPS) is 30.1. The van der Waals surface area contributed by atoms with Gasteiger partial charge in [0.15, 0.2) is 5.96 Å². The molecule has 4 atom stereocenters. The number of carbonyl (C=O) groups is 2. The molecule has 0 spiro atoms. The van der Waals surface area contributed by atoms with Crippen LogP contribution >= 0.6 is 0 Å². The summed E-state index contributed by atoms with van der Waals surface area (Å²) in [5.41, 5.74) is 0.598. The number of hydrogen-bond acceptors (Lipinski definition) is 3. The van der Waals surface area contributed by atoms with Crippen molar-refractivity contribution in [2.24, 2.45) is 28.7 Å². The lowest BCUT2D eigenvalue weighted by Crippen LogP contribution is -2.42. The minimum atomic E-state index is -0.164. The molecule has 0 radical (unpaired) electrons. The van der Waals surface area contributed by atoms with E-state index in [-0.39, 0.29) is 46.7 Å². The Morgan fingerprint density at radius 2 is 1.81 bits per heavy atom. The lowest BCUT2D eigenvalue weighted by molar-refractivity contribution is -0.140. The Hall–Kier alpha value is -2.70. The summed E-state index contributed by atoms with van der Waals surface area (Å²) in [5, 5.41) is 6.57. The van der Waals surface area contributed by atoms with Crippen molar-refractivity contribution < 1.29 is 14.0 Å². The number of guanidine groups is 1. The van der Waals surface area contributed by atoms with Crippen molar-refractivity contribution in [3.05, 3.63) is 47.8 Å². The first kappa shape index (κ1) is 20.2. The smallest absolute Gasteiger partial charge is 0.233 e. The molecule has 0 aromatic heterocycles. The Labute approximate surface area is 182 Å². The minimum Gasteiger partial charge on any atom is -0.356 e. The largest absolute Gasteiger partial charge is 0.356 e. The Balaban J connectivity index is 1.09. The summed E-state index contributed by atoms with van der Waals surface area (Å²) in [6.45, 7) is 1.66. The molecule has 2 bridgehead atoms. The number of allylic oxidation sites excluding steroid dienone is 2. The van der Waals surface area contributed by atoms with Crippen LogP contribution in [0.3, 0.4) is 0 Å². The molecule has 5 rings (SSSR count). The summed E-state index contributed by atoms with van der Waals surface area (Å²) in [6, 6.07) is 6.97. The quantitative estimate of drug-likeness (QED) is 0.231. The Bertz CT molecular complexity index is 925. The van der Waals surface area contributed by atoms with Crippen LogP contribution in [-0.2, 0) is 15.0 Å². The molecule has 4 aliphatic rings. The van der Waals surface area contributed by atoms with Crippen molar-refractivity contribution in [3.8, 4) is 0 Å². The first-order valence-corrected chi connectivity index (χ1v) is 11.3. The molecule has 1 aliphatic heterocycles. The first-order valence-electron chi connectivity index (χ1n) is 11.3. The topological polar surface area (TPSA) is 73.8 Å². The first-order chi connectivity index (χ1) is 15.0. The average molecular weight is 425 g/mol. The van der Waals surface area contributed by atoms with E-state index in [9.17, 15) is 14.0 Å². The third kappa shape index (κ3) is 3.44. The number of benzene rings is 1. The number of amides is 2. The molecule has 1 saturated heterocycles. The van der Waals surface area contributed by atoms with E-state index in [0.29, 0.717) is 32.0 Å². The van der Waals surface area contributed by atoms with Crippen LogP contribution in [-0.4, -0.2) is 49.4 Å². The van der Waals surface area contributed by atoms with Gasteiger partial charge in [0.05, 0.1) is 11.8 Å². The molecule has 2 amide bonds. The van der Waals surface area contributed by atoms with Gasteiger partial charge >= 0.3 is 0 Å². The third-order valence-electron chi connectivity index (χ3n) is 7.53. The second-order valence-electron chi connectivity index (χ2n) is 9.29. The van der Waals surface area contributed by atoms with Crippen molar-refractivity contribution in [1.82, 2.24) is 15.5 Å². The van der Waals surface area contributed by atoms with Crippen LogP contribution in [0.5, 0.6) is 0 Å². The lowest BCUT2D eigenvalue weighted by Gasteiger charge is -2.20. The molecule has 1 aromatic rings. The van der Waals surface area contributed by atoms with Gasteiger partial charge in [-0.2, -0.15) is 0 Å². The average Bonchev–Trinajstić information content (AvgIpc) is 3.14. The SMILES string of the molecule is CN=C(NCCCN1C(=O)C2C3C=CC(C3)C2C1=O)NCC1(c2ccccc2F)CC1. The molecule has 4 unspecified atom stereocenters. The van der Waals surface area contributed by atoms with Crippen molar-refractivity contribution >= 4 is 17.8 Å². The van der Waals surface area contributed by atoms with Gasteiger partial charge in [-0.1, -0.05) is 30.4 Å². The molecule has 3 aliphatic carbocycles. The molecular formula is C24H29FN4O2. The van der Waals surface area contributed by atoms with E-state index in [1.54, 1.807) is 13.1 Å². The van der Waals surface area contributed by atoms with E-state index in [4.69, 9.17) is 0 Å². The highest BCUT2D eigenvalue weighted by Gasteiger charge is 2.58. The number of hydrogen-bond donors (Lipinski definition) is 2. The highest BCUT2D eigenvalue weighted by atomic mass is 19.1. The van der Waals surface area contributed by atoms with Crippen LogP contribution < -0.4 is 10.6 Å². The zero-order chi connectivity index (χ0) is 21.6. The fraction of sp³-hybridized carbons (Fsp3) is 0.542. The maximum Gasteiger partial charge on any atom is 0.233 e. The predicted molar refractivity (Wildman–Crippen MR) is 116 cm³/mol. The Kier molecular flexibility index (Phi) is 5.07. The predicted octanol–water partition coefficient (Wildman–Crippen LogP) is 2.22. The van der Waals surface area contributed by atoms with Crippen LogP contribution in [0.1, 0.15) is 31.2 Å². The van der Waals surface area contributed by atoms with Gasteiger partial charge in [-0.25, -0.2) is 4.39 Å². The van der Waals surface area contributed by atoms with E-state index in [1.165, 1.54) is 11.0 Å². The van der Waals surface area contributed by atoms with E-state index < -0.39 is 0 Å². The molecule has 6 nitrogen and oxygen atoms in total. The van der Waals surface area contributed by atoms with E-state index in [0.717, 1.165) is 24.8 Å². The molecule has 2 N–H and O–H groups in total. The van der Waals surface area contributed by atoms with Gasteiger partial charge in [-0.05, 0) is 49.1 Å². The summed E-state index contributed by atoms with van der Waals surface area (Å²) in [4.78, 5) is 31.2. The summed E-state index contributed by atoms with van der Waals surface area (Å²) in [7, 11) is 1.70. The van der Waals surface area contributed by atoms with Crippen LogP contribution in [0.2, 0.25) is 0 Å². The Morgan fingerprint density at radius 3 is 2.42 bits per heavy atom. The standard InChI is InChI=1S/C24H29FN4O2/c1-26-23(28-14-24(9-10-24)17-5-2-3-6-18(17)25)27-11-4-12-29-21(30)19-15-7-8-16(13-15)20(19)22(29)31/h2-3,5-8,15-16,19-20H,4,9-14H2,1H3,(H2,26,27,28). The zero-order valence-electron chi connectivity index (χ0n) is 17.8. The van der Waals surface area contributed by atoms with Crippen molar-refractivity contribution in [1.29, 1.82) is 0 Å². The number of fused-ring (bicyclic) bond motifs is 5. The summed E-state index contributed by atoms with van der Waals surface area (Å²) >= 11 is 0. The maximum absolute atomic E-state index is 14.2. The molecule has 1 aromatic carbocycles. The van der Waals surface area contributed by atoms with E-state index in [1.807, 2.05) is 12.1 Å². The second-order valence-corrected chi connectivity index (χ2v) is 9.29. The molecule has 31 heavy (non-hydrogen) atoms. The molecule has 2 saturated carbocycles. The number of carbonyl (C=O) groups excluding carboxylic acids is 2. The monoisotopic (exact) mass is 424 g/mol. The number of likely N-dealkylation sites (tertiary alicyclic amines) is 1. The number of aliphatic imine (C=N–C) groups is 1. The van der Waals surface area contributed by atoms with Gasteiger partial charge < -0.3 is 10.6 Å². The van der Waals surface area contributed by atoms with Gasteiger partial charge in [-0.15, -0.1) is 0 Å². The maximum atomic E-state index is 14.2. The molecule has 3 fully saturated rings. The zero-order valence-corrected chi connectivity index (χ0v) is 17.8.